The highest BCUT2D eigenvalue weighted by Crippen LogP contribution is 2.29. The highest BCUT2D eigenvalue weighted by molar-refractivity contribution is 5.93. The quantitative estimate of drug-likeness (QED) is 0.812. The second-order valence-electron chi connectivity index (χ2n) is 4.60. The van der Waals surface area contributed by atoms with E-state index in [-0.39, 0.29) is 11.9 Å². The monoisotopic (exact) mass is 277 g/mol. The van der Waals surface area contributed by atoms with Gasteiger partial charge in [0.05, 0.1) is 20.3 Å². The van der Waals surface area contributed by atoms with E-state index < -0.39 is 0 Å². The zero-order valence-electron chi connectivity index (χ0n) is 12.8. The number of rotatable bonds is 6. The lowest BCUT2D eigenvalue weighted by molar-refractivity contribution is -0.118. The maximum Gasteiger partial charge on any atom is 0.247 e. The molecule has 1 aromatic carbocycles. The first kappa shape index (κ1) is 16.1. The van der Waals surface area contributed by atoms with Crippen molar-refractivity contribution in [2.75, 3.05) is 14.2 Å². The van der Waals surface area contributed by atoms with E-state index in [0.717, 1.165) is 17.6 Å². The fraction of sp³-hybridized carbons (Fsp3) is 0.438. The van der Waals surface area contributed by atoms with Gasteiger partial charge in [0, 0.05) is 5.57 Å². The number of hydrogen-bond donors (Lipinski definition) is 1. The number of ether oxygens (including phenoxy) is 2. The summed E-state index contributed by atoms with van der Waals surface area (Å²) in [4.78, 5) is 12.0. The molecule has 1 rings (SSSR count). The van der Waals surface area contributed by atoms with Crippen LogP contribution in [-0.2, 0) is 4.79 Å². The second kappa shape index (κ2) is 7.58. The first-order valence-electron chi connectivity index (χ1n) is 6.73. The Labute approximate surface area is 120 Å². The molecule has 4 nitrogen and oxygen atoms in total. The largest absolute Gasteiger partial charge is 0.493 e. The zero-order chi connectivity index (χ0) is 15.1. The molecule has 0 saturated heterocycles. The molecule has 0 bridgehead atoms. The lowest BCUT2D eigenvalue weighted by Gasteiger charge is -2.16. The first-order valence-corrected chi connectivity index (χ1v) is 6.73. The van der Waals surface area contributed by atoms with Gasteiger partial charge in [-0.25, -0.2) is 0 Å². The molecule has 1 atom stereocenters. The van der Waals surface area contributed by atoms with Gasteiger partial charge in [0.1, 0.15) is 0 Å². The fourth-order valence-electron chi connectivity index (χ4n) is 1.91. The molecular weight excluding hydrogens is 254 g/mol. The molecule has 0 aromatic heterocycles. The van der Waals surface area contributed by atoms with Crippen molar-refractivity contribution in [1.82, 2.24) is 5.32 Å². The van der Waals surface area contributed by atoms with Crippen LogP contribution in [0, 0.1) is 0 Å². The number of benzene rings is 1. The Bertz CT molecular complexity index is 494. The van der Waals surface area contributed by atoms with Crippen LogP contribution in [0.25, 0.3) is 0 Å². The van der Waals surface area contributed by atoms with E-state index >= 15 is 0 Å². The average molecular weight is 277 g/mol. The van der Waals surface area contributed by atoms with Crippen molar-refractivity contribution >= 4 is 5.91 Å². The second-order valence-corrected chi connectivity index (χ2v) is 4.60. The van der Waals surface area contributed by atoms with Crippen molar-refractivity contribution in [1.29, 1.82) is 0 Å². The van der Waals surface area contributed by atoms with Crippen molar-refractivity contribution < 1.29 is 14.3 Å². The highest BCUT2D eigenvalue weighted by Gasteiger charge is 2.13. The van der Waals surface area contributed by atoms with E-state index in [9.17, 15) is 4.79 Å². The molecule has 0 aliphatic rings. The van der Waals surface area contributed by atoms with Gasteiger partial charge in [0.2, 0.25) is 5.91 Å². The Kier molecular flexibility index (Phi) is 6.10. The molecule has 0 fully saturated rings. The summed E-state index contributed by atoms with van der Waals surface area (Å²) in [5.41, 5.74) is 1.71. The molecule has 1 N–H and O–H groups in total. The standard InChI is InChI=1S/C16H23NO3/c1-6-7-11(2)16(18)17-12(3)13-8-9-14(19-4)15(10-13)20-5/h7-10,12H,6H2,1-5H3,(H,17,18)/b11-7+/t12-/m1/s1. The molecule has 20 heavy (non-hydrogen) atoms. The predicted molar refractivity (Wildman–Crippen MR) is 80.2 cm³/mol. The number of nitrogens with one attached hydrogen (secondary N) is 1. The van der Waals surface area contributed by atoms with Gasteiger partial charge in [-0.1, -0.05) is 19.1 Å². The number of carbonyl (C=O) groups is 1. The van der Waals surface area contributed by atoms with Crippen molar-refractivity contribution in [3.63, 3.8) is 0 Å². The third-order valence-electron chi connectivity index (χ3n) is 3.12. The zero-order valence-corrected chi connectivity index (χ0v) is 12.8. The molecule has 0 radical (unpaired) electrons. The third-order valence-corrected chi connectivity index (χ3v) is 3.12. The normalized spacial score (nSPS) is 12.8. The highest BCUT2D eigenvalue weighted by atomic mass is 16.5. The minimum Gasteiger partial charge on any atom is -0.493 e. The number of carbonyl (C=O) groups excluding carboxylic acids is 1. The van der Waals surface area contributed by atoms with Crippen molar-refractivity contribution in [2.24, 2.45) is 0 Å². The van der Waals surface area contributed by atoms with Gasteiger partial charge in [0.25, 0.3) is 0 Å². The maximum atomic E-state index is 12.0. The van der Waals surface area contributed by atoms with Crippen LogP contribution < -0.4 is 14.8 Å². The van der Waals surface area contributed by atoms with Crippen LogP contribution in [-0.4, -0.2) is 20.1 Å². The summed E-state index contributed by atoms with van der Waals surface area (Å²) in [6, 6.07) is 5.54. The van der Waals surface area contributed by atoms with Crippen LogP contribution in [0.2, 0.25) is 0 Å². The average Bonchev–Trinajstić information content (AvgIpc) is 2.46. The predicted octanol–water partition coefficient (Wildman–Crippen LogP) is 3.24. The first-order chi connectivity index (χ1) is 9.53. The molecule has 110 valence electrons. The van der Waals surface area contributed by atoms with Gasteiger partial charge in [-0.2, -0.15) is 0 Å². The Morgan fingerprint density at radius 3 is 2.50 bits per heavy atom. The minimum atomic E-state index is -0.0949. The van der Waals surface area contributed by atoms with Gasteiger partial charge in [0.15, 0.2) is 11.5 Å². The molecule has 0 unspecified atom stereocenters. The lowest BCUT2D eigenvalue weighted by Crippen LogP contribution is -2.27. The number of hydrogen-bond acceptors (Lipinski definition) is 3. The van der Waals surface area contributed by atoms with E-state index in [1.54, 1.807) is 14.2 Å². The van der Waals surface area contributed by atoms with Crippen molar-refractivity contribution in [2.45, 2.75) is 33.2 Å². The van der Waals surface area contributed by atoms with Crippen LogP contribution in [0.4, 0.5) is 0 Å². The molecule has 1 aromatic rings. The summed E-state index contributed by atoms with van der Waals surface area (Å²) >= 11 is 0. The maximum absolute atomic E-state index is 12.0. The van der Waals surface area contributed by atoms with Gasteiger partial charge in [-0.3, -0.25) is 4.79 Å². The smallest absolute Gasteiger partial charge is 0.247 e. The van der Waals surface area contributed by atoms with E-state index in [1.165, 1.54) is 0 Å². The van der Waals surface area contributed by atoms with Crippen LogP contribution in [0.5, 0.6) is 11.5 Å². The molecule has 0 heterocycles. The summed E-state index contributed by atoms with van der Waals surface area (Å²) < 4.78 is 10.5. The summed E-state index contributed by atoms with van der Waals surface area (Å²) in [6.45, 7) is 5.77. The van der Waals surface area contributed by atoms with Gasteiger partial charge < -0.3 is 14.8 Å². The fourth-order valence-corrected chi connectivity index (χ4v) is 1.91. The summed E-state index contributed by atoms with van der Waals surface area (Å²) in [5, 5.41) is 2.97. The van der Waals surface area contributed by atoms with Gasteiger partial charge >= 0.3 is 0 Å². The number of amides is 1. The van der Waals surface area contributed by atoms with E-state index in [0.29, 0.717) is 11.5 Å². The minimum absolute atomic E-state index is 0.0471. The van der Waals surface area contributed by atoms with E-state index in [4.69, 9.17) is 9.47 Å². The van der Waals surface area contributed by atoms with E-state index in [1.807, 2.05) is 45.0 Å². The van der Waals surface area contributed by atoms with Gasteiger partial charge in [-0.05, 0) is 38.0 Å². The summed E-state index contributed by atoms with van der Waals surface area (Å²) in [6.07, 6.45) is 2.76. The Morgan fingerprint density at radius 1 is 1.30 bits per heavy atom. The molecule has 0 aliphatic heterocycles. The van der Waals surface area contributed by atoms with Crippen LogP contribution in [0.1, 0.15) is 38.8 Å². The Hall–Kier alpha value is -1.97. The number of allylic oxidation sites excluding steroid dienone is 1. The molecular formula is C16H23NO3. The van der Waals surface area contributed by atoms with Crippen LogP contribution in [0.3, 0.4) is 0 Å². The SMILES string of the molecule is CC/C=C(\C)C(=O)N[C@H](C)c1ccc(OC)c(OC)c1. The lowest BCUT2D eigenvalue weighted by atomic mass is 10.1. The molecule has 4 heteroatoms. The molecule has 1 amide bonds. The van der Waals surface area contributed by atoms with E-state index in [2.05, 4.69) is 5.32 Å². The topological polar surface area (TPSA) is 47.6 Å². The summed E-state index contributed by atoms with van der Waals surface area (Å²) in [7, 11) is 3.20. The molecule has 0 saturated carbocycles. The van der Waals surface area contributed by atoms with Crippen LogP contribution >= 0.6 is 0 Å². The molecule has 0 spiro atoms. The summed E-state index contributed by atoms with van der Waals surface area (Å²) in [5.74, 6) is 1.29. The third kappa shape index (κ3) is 4.02. The molecule has 0 aliphatic carbocycles. The Balaban J connectivity index is 2.85. The Morgan fingerprint density at radius 2 is 1.95 bits per heavy atom. The van der Waals surface area contributed by atoms with Crippen molar-refractivity contribution in [3.8, 4) is 11.5 Å². The van der Waals surface area contributed by atoms with Crippen LogP contribution in [0.15, 0.2) is 29.8 Å². The number of methoxy groups -OCH3 is 2. The van der Waals surface area contributed by atoms with Crippen molar-refractivity contribution in [3.05, 3.63) is 35.4 Å². The van der Waals surface area contributed by atoms with Gasteiger partial charge in [-0.15, -0.1) is 0 Å².